The Balaban J connectivity index is 1.52. The molecule has 0 N–H and O–H groups in total. The lowest BCUT2D eigenvalue weighted by molar-refractivity contribution is 0.390. The van der Waals surface area contributed by atoms with E-state index in [9.17, 15) is 0 Å². The summed E-state index contributed by atoms with van der Waals surface area (Å²) >= 11 is 1.51. The van der Waals surface area contributed by atoms with Crippen molar-refractivity contribution in [2.75, 3.05) is 7.11 Å². The maximum Gasteiger partial charge on any atom is 0.237 e. The van der Waals surface area contributed by atoms with Crippen molar-refractivity contribution < 1.29 is 9.26 Å². The van der Waals surface area contributed by atoms with Crippen LogP contribution in [0.1, 0.15) is 30.9 Å². The van der Waals surface area contributed by atoms with E-state index in [0.29, 0.717) is 23.2 Å². The van der Waals surface area contributed by atoms with Gasteiger partial charge < -0.3 is 9.26 Å². The molecule has 0 atom stereocenters. The van der Waals surface area contributed by atoms with Gasteiger partial charge in [0.05, 0.1) is 24.1 Å². The minimum Gasteiger partial charge on any atom is -0.496 e. The van der Waals surface area contributed by atoms with E-state index in [1.807, 2.05) is 42.6 Å². The number of methoxy groups -OCH3 is 1. The molecule has 5 aromatic rings. The first kappa shape index (κ1) is 23.7. The zero-order chi connectivity index (χ0) is 24.9. The highest BCUT2D eigenvalue weighted by atomic mass is 32.2. The van der Waals surface area contributed by atoms with Crippen LogP contribution in [0.5, 0.6) is 5.75 Å². The van der Waals surface area contributed by atoms with E-state index < -0.39 is 0 Å². The van der Waals surface area contributed by atoms with Crippen LogP contribution in [-0.4, -0.2) is 37.0 Å². The minimum atomic E-state index is 0.447. The molecule has 8 nitrogen and oxygen atoms in total. The third kappa shape index (κ3) is 4.61. The van der Waals surface area contributed by atoms with Crippen LogP contribution in [0.3, 0.4) is 0 Å². The molecule has 0 aliphatic heterocycles. The summed E-state index contributed by atoms with van der Waals surface area (Å²) in [5.41, 5.74) is 5.27. The van der Waals surface area contributed by atoms with Crippen molar-refractivity contribution in [2.24, 2.45) is 0 Å². The van der Waals surface area contributed by atoms with Crippen molar-refractivity contribution in [1.82, 2.24) is 29.9 Å². The molecule has 0 unspecified atom stereocenters. The molecule has 0 amide bonds. The van der Waals surface area contributed by atoms with Crippen molar-refractivity contribution in [3.63, 3.8) is 0 Å². The smallest absolute Gasteiger partial charge is 0.237 e. The van der Waals surface area contributed by atoms with Gasteiger partial charge in [0.15, 0.2) is 11.0 Å². The highest BCUT2D eigenvalue weighted by Gasteiger charge is 2.21. The molecule has 0 fully saturated rings. The van der Waals surface area contributed by atoms with Crippen molar-refractivity contribution in [3.05, 3.63) is 84.0 Å². The van der Waals surface area contributed by atoms with Crippen molar-refractivity contribution in [1.29, 1.82) is 0 Å². The van der Waals surface area contributed by atoms with Crippen LogP contribution in [0.25, 0.3) is 28.5 Å². The normalized spacial score (nSPS) is 11.1. The second-order valence-electron chi connectivity index (χ2n) is 8.02. The number of benzene rings is 2. The van der Waals surface area contributed by atoms with Crippen molar-refractivity contribution in [3.8, 4) is 34.2 Å². The molecular weight excluding hydrogens is 472 g/mol. The van der Waals surface area contributed by atoms with Gasteiger partial charge in [-0.2, -0.15) is 4.98 Å². The Labute approximate surface area is 213 Å². The van der Waals surface area contributed by atoms with Crippen molar-refractivity contribution in [2.45, 2.75) is 37.6 Å². The number of rotatable bonds is 9. The number of nitrogens with zero attached hydrogens (tertiary/aromatic N) is 6. The standard InChI is InChI=1S/C27H26N6O2S/c1-4-18-10-8-11-19(5-2)24(18)33-26(20-12-9-15-28-16-20)30-31-27(33)36-17-23-29-25(32-35-23)21-13-6-7-14-22(21)34-3/h6-16H,4-5,17H2,1-3H3. The maximum atomic E-state index is 5.56. The summed E-state index contributed by atoms with van der Waals surface area (Å²) in [6.45, 7) is 4.33. The summed E-state index contributed by atoms with van der Waals surface area (Å²) in [4.78, 5) is 8.89. The van der Waals surface area contributed by atoms with Gasteiger partial charge in [-0.3, -0.25) is 9.55 Å². The fourth-order valence-corrected chi connectivity index (χ4v) is 4.90. The number of aromatic nitrogens is 6. The Hall–Kier alpha value is -3.98. The van der Waals surface area contributed by atoms with Gasteiger partial charge in [0.25, 0.3) is 0 Å². The summed E-state index contributed by atoms with van der Waals surface area (Å²) in [5, 5.41) is 14.1. The lowest BCUT2D eigenvalue weighted by Crippen LogP contribution is -2.07. The van der Waals surface area contributed by atoms with E-state index in [1.54, 1.807) is 13.3 Å². The summed E-state index contributed by atoms with van der Waals surface area (Å²) in [7, 11) is 1.63. The molecule has 3 aromatic heterocycles. The SMILES string of the molecule is CCc1cccc(CC)c1-n1c(SCc2nc(-c3ccccc3OC)no2)nnc1-c1cccnc1. The Bertz CT molecular complexity index is 1440. The maximum absolute atomic E-state index is 5.56. The molecule has 0 aliphatic rings. The zero-order valence-corrected chi connectivity index (χ0v) is 21.2. The van der Waals surface area contributed by atoms with Crippen LogP contribution >= 0.6 is 11.8 Å². The number of hydrogen-bond acceptors (Lipinski definition) is 8. The Morgan fingerprint density at radius 1 is 0.944 bits per heavy atom. The first-order valence-corrected chi connectivity index (χ1v) is 12.8. The lowest BCUT2D eigenvalue weighted by atomic mass is 10.0. The van der Waals surface area contributed by atoms with E-state index in [-0.39, 0.29) is 0 Å². The van der Waals surface area contributed by atoms with Gasteiger partial charge in [-0.25, -0.2) is 0 Å². The average molecular weight is 499 g/mol. The van der Waals surface area contributed by atoms with Gasteiger partial charge in [0.1, 0.15) is 5.75 Å². The Kier molecular flexibility index (Phi) is 7.08. The third-order valence-corrected chi connectivity index (χ3v) is 6.80. The molecule has 0 bridgehead atoms. The van der Waals surface area contributed by atoms with E-state index in [0.717, 1.165) is 40.6 Å². The van der Waals surface area contributed by atoms with Crippen LogP contribution in [-0.2, 0) is 18.6 Å². The molecule has 0 saturated carbocycles. The van der Waals surface area contributed by atoms with Gasteiger partial charge in [-0.15, -0.1) is 10.2 Å². The first-order valence-electron chi connectivity index (χ1n) is 11.8. The van der Waals surface area contributed by atoms with Gasteiger partial charge >= 0.3 is 0 Å². The zero-order valence-electron chi connectivity index (χ0n) is 20.4. The molecule has 0 spiro atoms. The predicted molar refractivity (Wildman–Crippen MR) is 139 cm³/mol. The lowest BCUT2D eigenvalue weighted by Gasteiger charge is -2.17. The van der Waals surface area contributed by atoms with Crippen LogP contribution in [0, 0.1) is 0 Å². The Morgan fingerprint density at radius 2 is 1.75 bits per heavy atom. The van der Waals surface area contributed by atoms with E-state index in [2.05, 4.69) is 61.9 Å². The van der Waals surface area contributed by atoms with Crippen LogP contribution in [0.4, 0.5) is 0 Å². The number of thioether (sulfide) groups is 1. The van der Waals surface area contributed by atoms with Gasteiger partial charge in [-0.05, 0) is 48.2 Å². The third-order valence-electron chi connectivity index (χ3n) is 5.88. The predicted octanol–water partition coefficient (Wildman–Crippen LogP) is 5.81. The molecule has 3 heterocycles. The van der Waals surface area contributed by atoms with E-state index in [4.69, 9.17) is 9.26 Å². The summed E-state index contributed by atoms with van der Waals surface area (Å²) in [6, 6.07) is 17.9. The number of aryl methyl sites for hydroxylation is 2. The molecule has 2 aromatic carbocycles. The largest absolute Gasteiger partial charge is 0.496 e. The molecule has 0 aliphatic carbocycles. The highest BCUT2D eigenvalue weighted by Crippen LogP contribution is 2.34. The van der Waals surface area contributed by atoms with E-state index in [1.165, 1.54) is 22.9 Å². The van der Waals surface area contributed by atoms with Crippen LogP contribution in [0.2, 0.25) is 0 Å². The Morgan fingerprint density at radius 3 is 2.47 bits per heavy atom. The molecular formula is C27H26N6O2S. The monoisotopic (exact) mass is 498 g/mol. The quantitative estimate of drug-likeness (QED) is 0.235. The topological polar surface area (TPSA) is 91.8 Å². The molecule has 5 rings (SSSR count). The number of hydrogen-bond donors (Lipinski definition) is 0. The van der Waals surface area contributed by atoms with Gasteiger partial charge in [0, 0.05) is 18.0 Å². The summed E-state index contributed by atoms with van der Waals surface area (Å²) in [5.74, 6) is 2.88. The number of para-hydroxylation sites is 2. The summed E-state index contributed by atoms with van der Waals surface area (Å²) < 4.78 is 13.1. The number of pyridine rings is 1. The molecule has 0 radical (unpaired) electrons. The highest BCUT2D eigenvalue weighted by molar-refractivity contribution is 7.98. The molecule has 9 heteroatoms. The second kappa shape index (κ2) is 10.7. The van der Waals surface area contributed by atoms with Crippen molar-refractivity contribution >= 4 is 11.8 Å². The molecule has 182 valence electrons. The first-order chi connectivity index (χ1) is 17.7. The van der Waals surface area contributed by atoms with Gasteiger partial charge in [-0.1, -0.05) is 61.1 Å². The second-order valence-corrected chi connectivity index (χ2v) is 8.96. The molecule has 0 saturated heterocycles. The molecule has 36 heavy (non-hydrogen) atoms. The van der Waals surface area contributed by atoms with E-state index >= 15 is 0 Å². The average Bonchev–Trinajstić information content (AvgIpc) is 3.59. The van der Waals surface area contributed by atoms with Crippen LogP contribution in [0.15, 0.2) is 76.7 Å². The summed E-state index contributed by atoms with van der Waals surface area (Å²) in [6.07, 6.45) is 5.35. The minimum absolute atomic E-state index is 0.447. The fourth-order valence-electron chi connectivity index (χ4n) is 4.13. The fraction of sp³-hybridized carbons (Fsp3) is 0.222. The van der Waals surface area contributed by atoms with Crippen LogP contribution < -0.4 is 4.74 Å². The number of ether oxygens (including phenoxy) is 1. The van der Waals surface area contributed by atoms with Gasteiger partial charge in [0.2, 0.25) is 11.7 Å².